The fourth-order valence-electron chi connectivity index (χ4n) is 2.71. The van der Waals surface area contributed by atoms with Crippen LogP contribution in [0.25, 0.3) is 5.69 Å². The van der Waals surface area contributed by atoms with Crippen molar-refractivity contribution in [2.45, 2.75) is 6.18 Å². The number of alkyl halides is 3. The van der Waals surface area contributed by atoms with Crippen molar-refractivity contribution in [2.75, 3.05) is 17.7 Å². The predicted molar refractivity (Wildman–Crippen MR) is 106 cm³/mol. The van der Waals surface area contributed by atoms with E-state index in [1.165, 1.54) is 24.2 Å². The molecule has 0 aliphatic carbocycles. The first kappa shape index (κ1) is 21.6. The van der Waals surface area contributed by atoms with Crippen LogP contribution in [0.2, 0.25) is 0 Å². The van der Waals surface area contributed by atoms with Crippen LogP contribution in [0.3, 0.4) is 0 Å². The highest BCUT2D eigenvalue weighted by Crippen LogP contribution is 2.35. The Hall–Kier alpha value is -4.06. The van der Waals surface area contributed by atoms with Crippen LogP contribution >= 0.6 is 0 Å². The van der Waals surface area contributed by atoms with Gasteiger partial charge < -0.3 is 15.4 Å². The highest BCUT2D eigenvalue weighted by atomic mass is 19.4. The Morgan fingerprint density at radius 1 is 1.10 bits per heavy atom. The molecule has 3 rings (SSSR count). The maximum atomic E-state index is 12.9. The lowest BCUT2D eigenvalue weighted by molar-refractivity contribution is -0.137. The zero-order chi connectivity index (χ0) is 22.6. The molecule has 0 aliphatic rings. The molecule has 9 nitrogen and oxygen atoms in total. The summed E-state index contributed by atoms with van der Waals surface area (Å²) < 4.78 is 45.3. The van der Waals surface area contributed by atoms with Gasteiger partial charge in [0.15, 0.2) is 0 Å². The number of imidazole rings is 1. The molecule has 162 valence electrons. The molecule has 0 spiro atoms. The molecule has 0 radical (unpaired) electrons. The molecular weight excluding hydrogens is 417 g/mol. The van der Waals surface area contributed by atoms with Crippen LogP contribution in [-0.2, 0) is 6.18 Å². The van der Waals surface area contributed by atoms with Gasteiger partial charge in [0.1, 0.15) is 11.4 Å². The number of carbonyl (C=O) groups is 2. The minimum Gasteiger partial charge on any atom is -0.495 e. The second-order valence-corrected chi connectivity index (χ2v) is 6.16. The number of nitrogen functional groups attached to an aromatic ring is 1. The summed E-state index contributed by atoms with van der Waals surface area (Å²) in [6, 6.07) is 8.29. The molecule has 31 heavy (non-hydrogen) atoms. The van der Waals surface area contributed by atoms with Crippen molar-refractivity contribution in [1.82, 2.24) is 15.0 Å². The van der Waals surface area contributed by atoms with Gasteiger partial charge in [0.25, 0.3) is 5.91 Å². The van der Waals surface area contributed by atoms with E-state index < -0.39 is 23.7 Å². The molecule has 0 unspecified atom stereocenters. The molecule has 12 heteroatoms. The summed E-state index contributed by atoms with van der Waals surface area (Å²) in [5, 5.41) is 4.85. The molecule has 0 saturated heterocycles. The first-order valence-electron chi connectivity index (χ1n) is 8.70. The van der Waals surface area contributed by atoms with Crippen LogP contribution in [0, 0.1) is 0 Å². The van der Waals surface area contributed by atoms with Crippen LogP contribution in [-0.4, -0.2) is 28.6 Å². The number of halogens is 3. The Labute approximate surface area is 174 Å². The number of urea groups is 1. The standard InChI is InChI=1S/C19H17F3N6O3/c1-31-16-7-2-11(19(20,21)22)8-14(16)26-18(30)25-12-3-5-13(6-4-12)28-10-24-9-15(28)17(29)27-23/h2-10H,23H2,1H3,(H,27,29)(H2,25,26,30). The topological polar surface area (TPSA) is 123 Å². The van der Waals surface area contributed by atoms with Gasteiger partial charge in [0.05, 0.1) is 30.9 Å². The fraction of sp³-hybridized carbons (Fsp3) is 0.105. The number of nitrogens with two attached hydrogens (primary N) is 1. The van der Waals surface area contributed by atoms with E-state index in [4.69, 9.17) is 10.6 Å². The molecule has 0 saturated carbocycles. The molecule has 3 amide bonds. The number of ether oxygens (including phenoxy) is 1. The van der Waals surface area contributed by atoms with E-state index in [0.29, 0.717) is 11.4 Å². The summed E-state index contributed by atoms with van der Waals surface area (Å²) in [5.41, 5.74) is 2.09. The van der Waals surface area contributed by atoms with Crippen molar-refractivity contribution in [3.8, 4) is 11.4 Å². The SMILES string of the molecule is COc1ccc(C(F)(F)F)cc1NC(=O)Nc1ccc(-n2cncc2C(=O)NN)cc1. The van der Waals surface area contributed by atoms with Crippen LogP contribution in [0.15, 0.2) is 55.0 Å². The molecule has 0 bridgehead atoms. The van der Waals surface area contributed by atoms with Crippen molar-refractivity contribution in [3.05, 3.63) is 66.2 Å². The first-order chi connectivity index (χ1) is 14.7. The zero-order valence-corrected chi connectivity index (χ0v) is 16.0. The summed E-state index contributed by atoms with van der Waals surface area (Å²) in [5.74, 6) is 4.68. The lowest BCUT2D eigenvalue weighted by atomic mass is 10.2. The Morgan fingerprint density at radius 3 is 2.42 bits per heavy atom. The first-order valence-corrected chi connectivity index (χ1v) is 8.70. The lowest BCUT2D eigenvalue weighted by Crippen LogP contribution is -2.31. The Kier molecular flexibility index (Phi) is 6.11. The van der Waals surface area contributed by atoms with E-state index in [2.05, 4.69) is 15.6 Å². The number of benzene rings is 2. The fourth-order valence-corrected chi connectivity index (χ4v) is 2.71. The van der Waals surface area contributed by atoms with E-state index in [1.54, 1.807) is 24.3 Å². The maximum absolute atomic E-state index is 12.9. The number of hydrogen-bond donors (Lipinski definition) is 4. The van der Waals surface area contributed by atoms with Crippen LogP contribution in [0.4, 0.5) is 29.3 Å². The van der Waals surface area contributed by atoms with Crippen molar-refractivity contribution in [3.63, 3.8) is 0 Å². The molecule has 0 fully saturated rings. The molecule has 1 heterocycles. The average Bonchev–Trinajstić information content (AvgIpc) is 3.23. The lowest BCUT2D eigenvalue weighted by Gasteiger charge is -2.14. The Balaban J connectivity index is 1.74. The van der Waals surface area contributed by atoms with Crippen molar-refractivity contribution in [1.29, 1.82) is 0 Å². The number of carbonyl (C=O) groups excluding carboxylic acids is 2. The summed E-state index contributed by atoms with van der Waals surface area (Å²) in [7, 11) is 1.28. The molecule has 2 aromatic carbocycles. The summed E-state index contributed by atoms with van der Waals surface area (Å²) in [4.78, 5) is 27.9. The van der Waals surface area contributed by atoms with Gasteiger partial charge >= 0.3 is 12.2 Å². The number of rotatable bonds is 5. The maximum Gasteiger partial charge on any atom is 0.416 e. The molecule has 0 aliphatic heterocycles. The van der Waals surface area contributed by atoms with Gasteiger partial charge in [-0.3, -0.25) is 14.8 Å². The zero-order valence-electron chi connectivity index (χ0n) is 16.0. The number of nitrogens with one attached hydrogen (secondary N) is 3. The van der Waals surface area contributed by atoms with Crippen molar-refractivity contribution >= 4 is 23.3 Å². The monoisotopic (exact) mass is 434 g/mol. The van der Waals surface area contributed by atoms with E-state index in [9.17, 15) is 22.8 Å². The number of nitrogens with zero attached hydrogens (tertiary/aromatic N) is 2. The van der Waals surface area contributed by atoms with Gasteiger partial charge in [-0.25, -0.2) is 15.6 Å². The van der Waals surface area contributed by atoms with Gasteiger partial charge in [0.2, 0.25) is 0 Å². The van der Waals surface area contributed by atoms with E-state index in [1.807, 2.05) is 5.43 Å². The molecular formula is C19H17F3N6O3. The third kappa shape index (κ3) is 4.93. The summed E-state index contributed by atoms with van der Waals surface area (Å²) >= 11 is 0. The Bertz CT molecular complexity index is 1100. The van der Waals surface area contributed by atoms with Gasteiger partial charge in [-0.05, 0) is 42.5 Å². The van der Waals surface area contributed by atoms with E-state index in [-0.39, 0.29) is 17.1 Å². The number of hydrogen-bond acceptors (Lipinski definition) is 5. The normalized spacial score (nSPS) is 11.0. The largest absolute Gasteiger partial charge is 0.495 e. The summed E-state index contributed by atoms with van der Waals surface area (Å²) in [6.07, 6.45) is -1.81. The number of methoxy groups -OCH3 is 1. The Morgan fingerprint density at radius 2 is 1.81 bits per heavy atom. The highest BCUT2D eigenvalue weighted by molar-refractivity contribution is 6.00. The second kappa shape index (κ2) is 8.75. The molecule has 5 N–H and O–H groups in total. The quantitative estimate of drug-likeness (QED) is 0.279. The number of aromatic nitrogens is 2. The third-order valence-electron chi connectivity index (χ3n) is 4.18. The number of amides is 3. The van der Waals surface area contributed by atoms with Gasteiger partial charge in [-0.15, -0.1) is 0 Å². The minimum atomic E-state index is -4.57. The van der Waals surface area contributed by atoms with Crippen LogP contribution in [0.1, 0.15) is 16.1 Å². The second-order valence-electron chi connectivity index (χ2n) is 6.16. The highest BCUT2D eigenvalue weighted by Gasteiger charge is 2.31. The minimum absolute atomic E-state index is 0.0734. The van der Waals surface area contributed by atoms with Crippen LogP contribution < -0.4 is 26.6 Å². The van der Waals surface area contributed by atoms with Gasteiger partial charge in [-0.1, -0.05) is 0 Å². The molecule has 0 atom stereocenters. The smallest absolute Gasteiger partial charge is 0.416 e. The van der Waals surface area contributed by atoms with Crippen molar-refractivity contribution < 1.29 is 27.5 Å². The summed E-state index contributed by atoms with van der Waals surface area (Å²) in [6.45, 7) is 0. The van der Waals surface area contributed by atoms with Crippen molar-refractivity contribution in [2.24, 2.45) is 5.84 Å². The third-order valence-corrected chi connectivity index (χ3v) is 4.18. The average molecular weight is 434 g/mol. The molecule has 3 aromatic rings. The molecule has 1 aromatic heterocycles. The number of anilines is 2. The van der Waals surface area contributed by atoms with Gasteiger partial charge in [0, 0.05) is 11.4 Å². The van der Waals surface area contributed by atoms with E-state index in [0.717, 1.165) is 18.2 Å². The van der Waals surface area contributed by atoms with Gasteiger partial charge in [-0.2, -0.15) is 13.2 Å². The number of hydrazine groups is 1. The van der Waals surface area contributed by atoms with E-state index >= 15 is 0 Å². The van der Waals surface area contributed by atoms with Crippen LogP contribution in [0.5, 0.6) is 5.75 Å². The predicted octanol–water partition coefficient (Wildman–Crippen LogP) is 3.15.